The smallest absolute Gasteiger partial charge is 0.289 e. The maximum atomic E-state index is 13.6. The second-order valence-corrected chi connectivity index (χ2v) is 6.48. The molecule has 1 nitrogen and oxygen atoms in total. The maximum Gasteiger partial charge on any atom is 0.417 e. The van der Waals surface area contributed by atoms with Crippen molar-refractivity contribution in [1.29, 1.82) is 0 Å². The highest BCUT2D eigenvalue weighted by atomic mass is 35.5. The van der Waals surface area contributed by atoms with Crippen LogP contribution in [0.5, 0.6) is 0 Å². The largest absolute Gasteiger partial charge is 0.417 e. The lowest BCUT2D eigenvalue weighted by Crippen LogP contribution is -2.13. The lowest BCUT2D eigenvalue weighted by atomic mass is 9.98. The van der Waals surface area contributed by atoms with E-state index in [0.717, 1.165) is 17.5 Å². The Kier molecular flexibility index (Phi) is 5.08. The molecule has 0 atom stereocenters. The van der Waals surface area contributed by atoms with Crippen molar-refractivity contribution in [1.82, 2.24) is 0 Å². The summed E-state index contributed by atoms with van der Waals surface area (Å²) in [6, 6.07) is 15.5. The Hall–Kier alpha value is -2.30. The molecule has 0 aliphatic rings. The second kappa shape index (κ2) is 7.14. The van der Waals surface area contributed by atoms with E-state index in [0.29, 0.717) is 11.5 Å². The highest BCUT2D eigenvalue weighted by Gasteiger charge is 2.35. The van der Waals surface area contributed by atoms with E-state index >= 15 is 0 Å². The molecule has 3 aromatic rings. The minimum absolute atomic E-state index is 0.0558. The minimum Gasteiger partial charge on any atom is -0.289 e. The first-order valence-electron chi connectivity index (χ1n) is 7.53. The van der Waals surface area contributed by atoms with Crippen LogP contribution in [0.4, 0.5) is 13.2 Å². The van der Waals surface area contributed by atoms with Gasteiger partial charge in [0.05, 0.1) is 5.57 Å². The Morgan fingerprint density at radius 3 is 2.15 bits per heavy atom. The summed E-state index contributed by atoms with van der Waals surface area (Å²) >= 11 is 11.6. The van der Waals surface area contributed by atoms with Crippen LogP contribution in [0.1, 0.15) is 15.9 Å². The van der Waals surface area contributed by atoms with E-state index in [9.17, 15) is 18.0 Å². The fraction of sp³-hybridized carbons (Fsp3) is 0.0500. The van der Waals surface area contributed by atoms with Crippen molar-refractivity contribution in [2.45, 2.75) is 6.18 Å². The van der Waals surface area contributed by atoms with Gasteiger partial charge in [-0.15, -0.1) is 0 Å². The summed E-state index contributed by atoms with van der Waals surface area (Å²) in [5.41, 5.74) is -1.17. The van der Waals surface area contributed by atoms with Crippen molar-refractivity contribution in [3.63, 3.8) is 0 Å². The Morgan fingerprint density at radius 2 is 1.50 bits per heavy atom. The van der Waals surface area contributed by atoms with Crippen LogP contribution in [0.3, 0.4) is 0 Å². The molecule has 0 aliphatic carbocycles. The van der Waals surface area contributed by atoms with Gasteiger partial charge in [0.1, 0.15) is 0 Å². The van der Waals surface area contributed by atoms with Gasteiger partial charge in [0.25, 0.3) is 0 Å². The molecule has 0 amide bonds. The zero-order chi connectivity index (χ0) is 18.9. The Bertz CT molecular complexity index is 997. The predicted molar refractivity (Wildman–Crippen MR) is 98.8 cm³/mol. The minimum atomic E-state index is -4.74. The summed E-state index contributed by atoms with van der Waals surface area (Å²) in [5.74, 6) is -0.745. The van der Waals surface area contributed by atoms with E-state index in [4.69, 9.17) is 23.2 Å². The zero-order valence-electron chi connectivity index (χ0n) is 13.1. The summed E-state index contributed by atoms with van der Waals surface area (Å²) in [5, 5.41) is 1.47. The predicted octanol–water partition coefficient (Wildman–Crippen LogP) is 6.98. The Balaban J connectivity index is 2.15. The topological polar surface area (TPSA) is 17.1 Å². The SMILES string of the molecule is O=C(C=C(c1cc(Cl)cc(Cl)c1)C(F)(F)F)c1cccc2ccccc12. The molecular formula is C20H11Cl2F3O. The number of allylic oxidation sites excluding steroid dienone is 2. The Morgan fingerprint density at radius 1 is 0.885 bits per heavy atom. The van der Waals surface area contributed by atoms with E-state index in [2.05, 4.69) is 0 Å². The number of ketones is 1. The Labute approximate surface area is 157 Å². The van der Waals surface area contributed by atoms with Gasteiger partial charge in [-0.3, -0.25) is 4.79 Å². The molecule has 26 heavy (non-hydrogen) atoms. The number of fused-ring (bicyclic) bond motifs is 1. The molecule has 0 N–H and O–H groups in total. The monoisotopic (exact) mass is 394 g/mol. The van der Waals surface area contributed by atoms with Gasteiger partial charge in [0, 0.05) is 15.6 Å². The highest BCUT2D eigenvalue weighted by Crippen LogP contribution is 2.36. The van der Waals surface area contributed by atoms with Crippen molar-refractivity contribution in [3.05, 3.63) is 87.9 Å². The van der Waals surface area contributed by atoms with Crippen LogP contribution >= 0.6 is 23.2 Å². The van der Waals surface area contributed by atoms with Crippen LogP contribution in [0.2, 0.25) is 10.0 Å². The molecule has 0 saturated heterocycles. The fourth-order valence-electron chi connectivity index (χ4n) is 2.69. The van der Waals surface area contributed by atoms with Crippen molar-refractivity contribution in [2.75, 3.05) is 0 Å². The molecule has 0 aromatic heterocycles. The van der Waals surface area contributed by atoms with Gasteiger partial charge >= 0.3 is 6.18 Å². The molecule has 0 radical (unpaired) electrons. The van der Waals surface area contributed by atoms with Crippen molar-refractivity contribution in [2.24, 2.45) is 0 Å². The third kappa shape index (κ3) is 3.92. The quantitative estimate of drug-likeness (QED) is 0.346. The van der Waals surface area contributed by atoms with Crippen LogP contribution < -0.4 is 0 Å². The van der Waals surface area contributed by atoms with E-state index in [-0.39, 0.29) is 21.2 Å². The first kappa shape index (κ1) is 18.5. The zero-order valence-corrected chi connectivity index (χ0v) is 14.7. The summed E-state index contributed by atoms with van der Waals surface area (Å²) in [6.45, 7) is 0. The van der Waals surface area contributed by atoms with Crippen LogP contribution in [0, 0.1) is 0 Å². The van der Waals surface area contributed by atoms with Gasteiger partial charge in [-0.2, -0.15) is 13.2 Å². The molecule has 0 fully saturated rings. The van der Waals surface area contributed by atoms with Crippen LogP contribution in [0.15, 0.2) is 66.7 Å². The highest BCUT2D eigenvalue weighted by molar-refractivity contribution is 6.35. The third-order valence-corrected chi connectivity index (χ3v) is 4.25. The average Bonchev–Trinajstić information content (AvgIpc) is 2.57. The molecule has 3 aromatic carbocycles. The fourth-order valence-corrected chi connectivity index (χ4v) is 3.21. The molecule has 0 saturated carbocycles. The molecular weight excluding hydrogens is 384 g/mol. The lowest BCUT2D eigenvalue weighted by Gasteiger charge is -2.13. The standard InChI is InChI=1S/C20H11Cl2F3O/c21-14-8-13(9-15(22)10-14)18(20(23,24)25)11-19(26)17-7-3-5-12-4-1-2-6-16(12)17/h1-11H. The lowest BCUT2D eigenvalue weighted by molar-refractivity contribution is -0.0689. The first-order chi connectivity index (χ1) is 12.3. The van der Waals surface area contributed by atoms with E-state index in [1.54, 1.807) is 36.4 Å². The summed E-state index contributed by atoms with van der Waals surface area (Å²) < 4.78 is 40.7. The number of alkyl halides is 3. The average molecular weight is 395 g/mol. The van der Waals surface area contributed by atoms with Gasteiger partial charge in [-0.05, 0) is 40.6 Å². The number of hydrogen-bond donors (Lipinski definition) is 0. The second-order valence-electron chi connectivity index (χ2n) is 5.60. The van der Waals surface area contributed by atoms with E-state index in [1.807, 2.05) is 0 Å². The molecule has 0 unspecified atom stereocenters. The number of benzene rings is 3. The maximum absolute atomic E-state index is 13.6. The summed E-state index contributed by atoms with van der Waals surface area (Å²) in [7, 11) is 0. The van der Waals surface area contributed by atoms with Crippen LogP contribution in [-0.4, -0.2) is 12.0 Å². The normalized spacial score (nSPS) is 12.4. The molecule has 3 rings (SSSR count). The first-order valence-corrected chi connectivity index (χ1v) is 8.29. The molecule has 0 aliphatic heterocycles. The van der Waals surface area contributed by atoms with E-state index < -0.39 is 17.5 Å². The van der Waals surface area contributed by atoms with Gasteiger partial charge in [-0.1, -0.05) is 65.7 Å². The third-order valence-electron chi connectivity index (χ3n) is 3.81. The molecule has 0 bridgehead atoms. The molecule has 132 valence electrons. The number of rotatable bonds is 3. The van der Waals surface area contributed by atoms with Gasteiger partial charge in [-0.25, -0.2) is 0 Å². The number of carbonyl (C=O) groups is 1. The summed E-state index contributed by atoms with van der Waals surface area (Å²) in [4.78, 5) is 12.6. The van der Waals surface area contributed by atoms with Gasteiger partial charge < -0.3 is 0 Å². The van der Waals surface area contributed by atoms with Crippen molar-refractivity contribution >= 4 is 45.3 Å². The molecule has 0 spiro atoms. The van der Waals surface area contributed by atoms with E-state index in [1.165, 1.54) is 12.1 Å². The van der Waals surface area contributed by atoms with Gasteiger partial charge in [0.2, 0.25) is 0 Å². The molecule has 0 heterocycles. The van der Waals surface area contributed by atoms with Crippen LogP contribution in [0.25, 0.3) is 16.3 Å². The number of hydrogen-bond acceptors (Lipinski definition) is 1. The van der Waals surface area contributed by atoms with Crippen LogP contribution in [-0.2, 0) is 0 Å². The number of carbonyl (C=O) groups excluding carboxylic acids is 1. The van der Waals surface area contributed by atoms with Gasteiger partial charge in [0.15, 0.2) is 5.78 Å². The van der Waals surface area contributed by atoms with Crippen molar-refractivity contribution < 1.29 is 18.0 Å². The van der Waals surface area contributed by atoms with Crippen molar-refractivity contribution in [3.8, 4) is 0 Å². The number of halogens is 5. The molecule has 6 heteroatoms. The summed E-state index contributed by atoms with van der Waals surface area (Å²) in [6.07, 6.45) is -4.15.